The van der Waals surface area contributed by atoms with Gasteiger partial charge in [-0.1, -0.05) is 26.3 Å². The highest BCUT2D eigenvalue weighted by Crippen LogP contribution is 2.45. The number of fused-ring (bicyclic) bond motifs is 1. The summed E-state index contributed by atoms with van der Waals surface area (Å²) in [6.45, 7) is 5.92. The van der Waals surface area contributed by atoms with Crippen LogP contribution in [0.15, 0.2) is 55.2 Å². The summed E-state index contributed by atoms with van der Waals surface area (Å²) in [6, 6.07) is 8.29. The van der Waals surface area contributed by atoms with E-state index in [0.717, 1.165) is 37.0 Å². The van der Waals surface area contributed by atoms with E-state index >= 15 is 0 Å². The maximum absolute atomic E-state index is 14.5. The van der Waals surface area contributed by atoms with Crippen LogP contribution in [0.4, 0.5) is 13.2 Å². The summed E-state index contributed by atoms with van der Waals surface area (Å²) in [6.07, 6.45) is 3.50. The molecule has 1 saturated heterocycles. The highest BCUT2D eigenvalue weighted by Gasteiger charge is 2.56. The number of piperidine rings is 1. The second-order valence-corrected chi connectivity index (χ2v) is 11.5. The van der Waals surface area contributed by atoms with Gasteiger partial charge in [-0.3, -0.25) is 9.88 Å². The Kier molecular flexibility index (Phi) is 7.58. The fourth-order valence-corrected chi connectivity index (χ4v) is 5.78. The minimum absolute atomic E-state index is 0.145. The lowest BCUT2D eigenvalue weighted by molar-refractivity contribution is -0.266. The number of alkyl halides is 3. The summed E-state index contributed by atoms with van der Waals surface area (Å²) in [5.41, 5.74) is -0.934. The van der Waals surface area contributed by atoms with Crippen LogP contribution in [-0.2, 0) is 18.4 Å². The molecule has 0 spiro atoms. The molecule has 0 saturated carbocycles. The molecule has 212 valence electrons. The van der Waals surface area contributed by atoms with E-state index in [9.17, 15) is 23.4 Å². The average Bonchev–Trinajstić information content (AvgIpc) is 3.30. The van der Waals surface area contributed by atoms with Crippen LogP contribution in [0, 0.1) is 0 Å². The van der Waals surface area contributed by atoms with Gasteiger partial charge < -0.3 is 15.2 Å². The second-order valence-electron chi connectivity index (χ2n) is 11.5. The van der Waals surface area contributed by atoms with E-state index in [2.05, 4.69) is 24.8 Å². The van der Waals surface area contributed by atoms with Crippen molar-refractivity contribution in [2.75, 3.05) is 13.1 Å². The summed E-state index contributed by atoms with van der Waals surface area (Å²) < 4.78 is 43.5. The topological polar surface area (TPSA) is 98.2 Å². The number of phenolic OH excluding ortho intramolecular Hbond substituents is 1. The van der Waals surface area contributed by atoms with Gasteiger partial charge in [0, 0.05) is 47.6 Å². The lowest BCUT2D eigenvalue weighted by Crippen LogP contribution is -2.50. The second kappa shape index (κ2) is 10.8. The number of aromatic amines is 1. The van der Waals surface area contributed by atoms with Gasteiger partial charge in [0.2, 0.25) is 0 Å². The van der Waals surface area contributed by atoms with Crippen molar-refractivity contribution < 1.29 is 23.4 Å². The number of phenols is 1. The number of likely N-dealkylation sites (tertiary alicyclic amines) is 1. The number of hydrogen-bond acceptors (Lipinski definition) is 6. The molecule has 40 heavy (non-hydrogen) atoms. The zero-order valence-electron chi connectivity index (χ0n) is 22.7. The molecule has 1 atom stereocenters. The molecule has 3 N–H and O–H groups in total. The van der Waals surface area contributed by atoms with Crippen LogP contribution in [0.25, 0.3) is 22.0 Å². The molecule has 5 rings (SSSR count). The van der Waals surface area contributed by atoms with Crippen molar-refractivity contribution in [3.05, 3.63) is 72.2 Å². The molecule has 0 radical (unpaired) electrons. The fourth-order valence-electron chi connectivity index (χ4n) is 5.78. The first-order chi connectivity index (χ1) is 18.9. The first-order valence-electron chi connectivity index (χ1n) is 13.5. The Balaban J connectivity index is 1.41. The van der Waals surface area contributed by atoms with Gasteiger partial charge in [-0.25, -0.2) is 9.97 Å². The Bertz CT molecular complexity index is 1470. The molecule has 4 heterocycles. The minimum Gasteiger partial charge on any atom is -0.508 e. The normalized spacial score (nSPS) is 16.8. The Morgan fingerprint density at radius 3 is 2.38 bits per heavy atom. The van der Waals surface area contributed by atoms with Crippen molar-refractivity contribution in [1.29, 1.82) is 0 Å². The first kappa shape index (κ1) is 28.0. The van der Waals surface area contributed by atoms with Crippen molar-refractivity contribution in [2.24, 2.45) is 0 Å². The van der Waals surface area contributed by atoms with Crippen molar-refractivity contribution >= 4 is 10.9 Å². The van der Waals surface area contributed by atoms with Crippen molar-refractivity contribution in [3.63, 3.8) is 0 Å². The largest absolute Gasteiger partial charge is 0.508 e. The summed E-state index contributed by atoms with van der Waals surface area (Å²) in [4.78, 5) is 17.9. The number of rotatable bonds is 8. The van der Waals surface area contributed by atoms with Gasteiger partial charge in [-0.05, 0) is 67.6 Å². The zero-order valence-corrected chi connectivity index (χ0v) is 22.7. The molecule has 4 aromatic rings. The number of benzene rings is 1. The number of H-pyrrole nitrogens is 1. The Hall–Kier alpha value is -3.50. The van der Waals surface area contributed by atoms with Crippen LogP contribution in [0.2, 0.25) is 0 Å². The van der Waals surface area contributed by atoms with Crippen molar-refractivity contribution in [3.8, 4) is 16.9 Å². The predicted molar refractivity (Wildman–Crippen MR) is 147 cm³/mol. The van der Waals surface area contributed by atoms with Gasteiger partial charge in [0.15, 0.2) is 5.60 Å². The molecule has 10 heteroatoms. The van der Waals surface area contributed by atoms with Gasteiger partial charge in [-0.15, -0.1) is 0 Å². The Morgan fingerprint density at radius 2 is 1.68 bits per heavy atom. The highest BCUT2D eigenvalue weighted by molar-refractivity contribution is 5.80. The number of nitrogens with zero attached hydrogens (tertiary/aromatic N) is 4. The standard InChI is InChI=1S/C30H34F3N5O2/c1-28(2,25-12-20(6-7-27(25)39)22-14-34-19-35-15-22)18-29(40,30(31,32)33)13-23-10-21-11-24(36-16-26(21)37-23)17-38-8-4-3-5-9-38/h6-7,10-12,14-16,19,37,39-40H,3-5,8-9,13,17-18H2,1-2H3. The van der Waals surface area contributed by atoms with Crippen LogP contribution in [0.3, 0.4) is 0 Å². The van der Waals surface area contributed by atoms with Crippen LogP contribution >= 0.6 is 0 Å². The SMILES string of the molecule is CC(C)(CC(O)(Cc1cc2cc(CN3CCCCC3)ncc2[nH]1)C(F)(F)F)c1cc(-c2cncnc2)ccc1O. The lowest BCUT2D eigenvalue weighted by atomic mass is 9.72. The summed E-state index contributed by atoms with van der Waals surface area (Å²) in [7, 11) is 0. The van der Waals surface area contributed by atoms with E-state index < -0.39 is 30.0 Å². The molecular weight excluding hydrogens is 519 g/mol. The molecule has 1 aromatic carbocycles. The van der Waals surface area contributed by atoms with Crippen molar-refractivity contribution in [2.45, 2.75) is 69.7 Å². The summed E-state index contributed by atoms with van der Waals surface area (Å²) in [5.74, 6) is -0.145. The zero-order chi connectivity index (χ0) is 28.5. The van der Waals surface area contributed by atoms with Crippen LogP contribution in [0.5, 0.6) is 5.75 Å². The van der Waals surface area contributed by atoms with E-state index in [4.69, 9.17) is 0 Å². The number of aromatic nitrogens is 4. The van der Waals surface area contributed by atoms with Gasteiger partial charge >= 0.3 is 6.18 Å². The number of aliphatic hydroxyl groups is 1. The fraction of sp³-hybridized carbons (Fsp3) is 0.433. The number of nitrogens with one attached hydrogen (secondary N) is 1. The average molecular weight is 554 g/mol. The Labute approximate surface area is 231 Å². The predicted octanol–water partition coefficient (Wildman–Crippen LogP) is 5.92. The molecule has 1 fully saturated rings. The van der Waals surface area contributed by atoms with Crippen LogP contribution < -0.4 is 0 Å². The minimum atomic E-state index is -4.92. The quantitative estimate of drug-likeness (QED) is 0.251. The lowest BCUT2D eigenvalue weighted by Gasteiger charge is -2.38. The van der Waals surface area contributed by atoms with Gasteiger partial charge in [0.05, 0.1) is 17.4 Å². The molecule has 1 aliphatic rings. The number of hydrogen-bond donors (Lipinski definition) is 3. The summed E-state index contributed by atoms with van der Waals surface area (Å²) in [5, 5.41) is 22.6. The number of halogens is 3. The van der Waals surface area contributed by atoms with Crippen molar-refractivity contribution in [1.82, 2.24) is 24.8 Å². The summed E-state index contributed by atoms with van der Waals surface area (Å²) >= 11 is 0. The van der Waals surface area contributed by atoms with E-state index in [1.165, 1.54) is 18.8 Å². The Morgan fingerprint density at radius 1 is 0.950 bits per heavy atom. The third-order valence-electron chi connectivity index (χ3n) is 7.82. The maximum Gasteiger partial charge on any atom is 0.417 e. The molecule has 0 bridgehead atoms. The van der Waals surface area contributed by atoms with E-state index in [1.807, 2.05) is 6.07 Å². The first-order valence-corrected chi connectivity index (χ1v) is 13.5. The van der Waals surface area contributed by atoms with Gasteiger partial charge in [0.1, 0.15) is 12.1 Å². The van der Waals surface area contributed by atoms with Crippen LogP contribution in [0.1, 0.15) is 56.5 Å². The van der Waals surface area contributed by atoms with Gasteiger partial charge in [-0.2, -0.15) is 13.2 Å². The third-order valence-corrected chi connectivity index (χ3v) is 7.82. The molecule has 0 aliphatic carbocycles. The van der Waals surface area contributed by atoms with Crippen LogP contribution in [-0.4, -0.2) is 59.9 Å². The number of aromatic hydroxyl groups is 1. The monoisotopic (exact) mass is 553 g/mol. The molecule has 3 aromatic heterocycles. The molecule has 7 nitrogen and oxygen atoms in total. The third kappa shape index (κ3) is 5.97. The molecular formula is C30H34F3N5O2. The number of pyridine rings is 1. The highest BCUT2D eigenvalue weighted by atomic mass is 19.4. The maximum atomic E-state index is 14.5. The van der Waals surface area contributed by atoms with E-state index in [0.29, 0.717) is 28.8 Å². The molecule has 1 aliphatic heterocycles. The molecule has 0 amide bonds. The van der Waals surface area contributed by atoms with Gasteiger partial charge in [0.25, 0.3) is 0 Å². The molecule has 1 unspecified atom stereocenters. The smallest absolute Gasteiger partial charge is 0.417 e. The van der Waals surface area contributed by atoms with E-state index in [1.54, 1.807) is 50.6 Å². The van der Waals surface area contributed by atoms with E-state index in [-0.39, 0.29) is 11.4 Å².